The van der Waals surface area contributed by atoms with E-state index in [0.29, 0.717) is 25.4 Å². The molecule has 0 aromatic rings. The Morgan fingerprint density at radius 2 is 2.19 bits per heavy atom. The molecule has 0 spiro atoms. The summed E-state index contributed by atoms with van der Waals surface area (Å²) in [6, 6.07) is -0.263. The van der Waals surface area contributed by atoms with Crippen LogP contribution in [0.5, 0.6) is 0 Å². The first kappa shape index (κ1) is 16.1. The van der Waals surface area contributed by atoms with Gasteiger partial charge in [0, 0.05) is 25.6 Å². The Morgan fingerprint density at radius 1 is 1.43 bits per heavy atom. The molecule has 2 fully saturated rings. The third kappa shape index (κ3) is 3.31. The van der Waals surface area contributed by atoms with Crippen molar-refractivity contribution in [1.82, 2.24) is 10.2 Å². The van der Waals surface area contributed by atoms with E-state index in [-0.39, 0.29) is 12.1 Å². The number of ether oxygens (including phenoxy) is 1. The maximum Gasteiger partial charge on any atom is 0.329 e. The first-order valence-electron chi connectivity index (χ1n) is 7.89. The standard InChI is InChI=1S/C15H26N2O4/c1-3-12-11(6-9-21-12)10-16-14(20)17-8-5-4-7-15(17,2)13(18)19/h11-12H,3-10H2,1-2H3,(H,16,20)(H,18,19). The summed E-state index contributed by atoms with van der Waals surface area (Å²) in [5, 5.41) is 12.3. The van der Waals surface area contributed by atoms with Crippen molar-refractivity contribution < 1.29 is 19.4 Å². The lowest BCUT2D eigenvalue weighted by Gasteiger charge is -2.41. The number of urea groups is 1. The molecule has 0 radical (unpaired) electrons. The third-order valence-electron chi connectivity index (χ3n) is 4.86. The Kier molecular flexibility index (Phi) is 5.08. The molecule has 6 nitrogen and oxygen atoms in total. The van der Waals surface area contributed by atoms with Gasteiger partial charge in [-0.15, -0.1) is 0 Å². The molecular weight excluding hydrogens is 272 g/mol. The molecule has 6 heteroatoms. The number of nitrogens with zero attached hydrogens (tertiary/aromatic N) is 1. The third-order valence-corrected chi connectivity index (χ3v) is 4.86. The fourth-order valence-electron chi connectivity index (χ4n) is 3.36. The Balaban J connectivity index is 1.94. The molecule has 0 bridgehead atoms. The SMILES string of the molecule is CCC1OCCC1CNC(=O)N1CCCCC1(C)C(=O)O. The maximum absolute atomic E-state index is 12.4. The summed E-state index contributed by atoms with van der Waals surface area (Å²) in [6.07, 6.45) is 4.32. The number of hydrogen-bond donors (Lipinski definition) is 2. The molecule has 120 valence electrons. The zero-order chi connectivity index (χ0) is 15.5. The molecule has 3 unspecified atom stereocenters. The minimum atomic E-state index is -1.08. The second-order valence-electron chi connectivity index (χ2n) is 6.24. The lowest BCUT2D eigenvalue weighted by atomic mass is 9.89. The van der Waals surface area contributed by atoms with E-state index in [2.05, 4.69) is 12.2 Å². The van der Waals surface area contributed by atoms with Gasteiger partial charge in [-0.05, 0) is 39.0 Å². The largest absolute Gasteiger partial charge is 0.480 e. The molecule has 0 saturated carbocycles. The van der Waals surface area contributed by atoms with Crippen LogP contribution in [0, 0.1) is 5.92 Å². The minimum Gasteiger partial charge on any atom is -0.480 e. The number of carbonyl (C=O) groups excluding carboxylic acids is 1. The smallest absolute Gasteiger partial charge is 0.329 e. The summed E-state index contributed by atoms with van der Waals surface area (Å²) in [6.45, 7) is 5.53. The summed E-state index contributed by atoms with van der Waals surface area (Å²) < 4.78 is 5.61. The lowest BCUT2D eigenvalue weighted by molar-refractivity contribution is -0.150. The van der Waals surface area contributed by atoms with E-state index in [1.165, 1.54) is 4.90 Å². The lowest BCUT2D eigenvalue weighted by Crippen LogP contribution is -2.60. The number of carbonyl (C=O) groups is 2. The van der Waals surface area contributed by atoms with Crippen LogP contribution >= 0.6 is 0 Å². The van der Waals surface area contributed by atoms with Gasteiger partial charge in [-0.25, -0.2) is 9.59 Å². The van der Waals surface area contributed by atoms with Gasteiger partial charge in [-0.1, -0.05) is 6.92 Å². The van der Waals surface area contributed by atoms with Gasteiger partial charge >= 0.3 is 12.0 Å². The average molecular weight is 298 g/mol. The van der Waals surface area contributed by atoms with E-state index in [9.17, 15) is 14.7 Å². The second kappa shape index (κ2) is 6.64. The number of aliphatic carboxylic acids is 1. The number of carboxylic acids is 1. The summed E-state index contributed by atoms with van der Waals surface area (Å²) in [5.74, 6) is -0.590. The number of amides is 2. The molecule has 0 aromatic heterocycles. The highest BCUT2D eigenvalue weighted by atomic mass is 16.5. The molecule has 0 aliphatic carbocycles. The highest BCUT2D eigenvalue weighted by Gasteiger charge is 2.44. The Bertz CT molecular complexity index is 401. The monoisotopic (exact) mass is 298 g/mol. The van der Waals surface area contributed by atoms with Gasteiger partial charge in [0.15, 0.2) is 0 Å². The predicted molar refractivity (Wildman–Crippen MR) is 78.1 cm³/mol. The first-order chi connectivity index (χ1) is 9.99. The number of rotatable bonds is 4. The van der Waals surface area contributed by atoms with E-state index < -0.39 is 11.5 Å². The number of nitrogens with one attached hydrogen (secondary N) is 1. The highest BCUT2D eigenvalue weighted by molar-refractivity contribution is 5.86. The van der Waals surface area contributed by atoms with E-state index >= 15 is 0 Å². The van der Waals surface area contributed by atoms with Crippen molar-refractivity contribution in [3.63, 3.8) is 0 Å². The van der Waals surface area contributed by atoms with E-state index in [1.807, 2.05) is 0 Å². The summed E-state index contributed by atoms with van der Waals surface area (Å²) >= 11 is 0. The van der Waals surface area contributed by atoms with Crippen molar-refractivity contribution in [2.75, 3.05) is 19.7 Å². The van der Waals surface area contributed by atoms with Gasteiger partial charge in [0.05, 0.1) is 6.10 Å². The van der Waals surface area contributed by atoms with Crippen molar-refractivity contribution in [3.8, 4) is 0 Å². The minimum absolute atomic E-state index is 0.206. The van der Waals surface area contributed by atoms with Crippen LogP contribution in [-0.4, -0.2) is 53.3 Å². The Morgan fingerprint density at radius 3 is 2.86 bits per heavy atom. The Labute approximate surface area is 125 Å². The fraction of sp³-hybridized carbons (Fsp3) is 0.867. The highest BCUT2D eigenvalue weighted by Crippen LogP contribution is 2.28. The summed E-state index contributed by atoms with van der Waals surface area (Å²) in [5.41, 5.74) is -1.08. The molecule has 2 amide bonds. The molecule has 21 heavy (non-hydrogen) atoms. The van der Waals surface area contributed by atoms with Crippen LogP contribution in [0.25, 0.3) is 0 Å². The van der Waals surface area contributed by atoms with E-state index in [0.717, 1.165) is 32.3 Å². The van der Waals surface area contributed by atoms with Crippen LogP contribution in [0.4, 0.5) is 4.79 Å². The molecule has 2 N–H and O–H groups in total. The molecule has 2 heterocycles. The quantitative estimate of drug-likeness (QED) is 0.830. The molecule has 2 saturated heterocycles. The zero-order valence-corrected chi connectivity index (χ0v) is 12.9. The van der Waals surface area contributed by atoms with Gasteiger partial charge in [0.25, 0.3) is 0 Å². The van der Waals surface area contributed by atoms with Crippen LogP contribution in [-0.2, 0) is 9.53 Å². The molecule has 0 aromatic carbocycles. The van der Waals surface area contributed by atoms with E-state index in [1.54, 1.807) is 6.92 Å². The van der Waals surface area contributed by atoms with Gasteiger partial charge in [0.2, 0.25) is 0 Å². The fourth-order valence-corrected chi connectivity index (χ4v) is 3.36. The number of hydrogen-bond acceptors (Lipinski definition) is 3. The van der Waals surface area contributed by atoms with Gasteiger partial charge in [0.1, 0.15) is 5.54 Å². The molecule has 2 rings (SSSR count). The summed E-state index contributed by atoms with van der Waals surface area (Å²) in [4.78, 5) is 25.4. The van der Waals surface area contributed by atoms with Crippen LogP contribution in [0.1, 0.15) is 46.0 Å². The average Bonchev–Trinajstić information content (AvgIpc) is 2.92. The van der Waals surface area contributed by atoms with Crippen LogP contribution < -0.4 is 5.32 Å². The van der Waals surface area contributed by atoms with Crippen molar-refractivity contribution >= 4 is 12.0 Å². The topological polar surface area (TPSA) is 78.9 Å². The number of carboxylic acid groups (broad SMARTS) is 1. The van der Waals surface area contributed by atoms with Gasteiger partial charge in [-0.3, -0.25) is 0 Å². The second-order valence-corrected chi connectivity index (χ2v) is 6.24. The summed E-state index contributed by atoms with van der Waals surface area (Å²) in [7, 11) is 0. The van der Waals surface area contributed by atoms with Crippen LogP contribution in [0.15, 0.2) is 0 Å². The maximum atomic E-state index is 12.4. The molecule has 3 atom stereocenters. The zero-order valence-electron chi connectivity index (χ0n) is 12.9. The van der Waals surface area contributed by atoms with Crippen molar-refractivity contribution in [2.24, 2.45) is 5.92 Å². The van der Waals surface area contributed by atoms with Crippen molar-refractivity contribution in [1.29, 1.82) is 0 Å². The molecule has 2 aliphatic heterocycles. The molecular formula is C15H26N2O4. The van der Waals surface area contributed by atoms with Crippen LogP contribution in [0.3, 0.4) is 0 Å². The van der Waals surface area contributed by atoms with Crippen molar-refractivity contribution in [2.45, 2.75) is 57.6 Å². The Hall–Kier alpha value is -1.30. The van der Waals surface area contributed by atoms with Crippen LogP contribution in [0.2, 0.25) is 0 Å². The van der Waals surface area contributed by atoms with Gasteiger partial charge < -0.3 is 20.1 Å². The predicted octanol–water partition coefficient (Wildman–Crippen LogP) is 1.84. The number of likely N-dealkylation sites (tertiary alicyclic amines) is 1. The number of piperidine rings is 1. The first-order valence-corrected chi connectivity index (χ1v) is 7.89. The normalized spacial score (nSPS) is 33.0. The molecule has 2 aliphatic rings. The van der Waals surface area contributed by atoms with E-state index in [4.69, 9.17) is 4.74 Å². The van der Waals surface area contributed by atoms with Crippen molar-refractivity contribution in [3.05, 3.63) is 0 Å². The van der Waals surface area contributed by atoms with Gasteiger partial charge in [-0.2, -0.15) is 0 Å².